The Morgan fingerprint density at radius 2 is 1.57 bits per heavy atom. The van der Waals surface area contributed by atoms with Gasteiger partial charge in [0.05, 0.1) is 11.9 Å². The van der Waals surface area contributed by atoms with Crippen LogP contribution in [0, 0.1) is 0 Å². The molecular weight excluding hydrogens is 264 g/mol. The number of nitrogens with zero attached hydrogens (tertiary/aromatic N) is 2. The molecule has 0 aliphatic rings. The van der Waals surface area contributed by atoms with Crippen molar-refractivity contribution >= 4 is 5.78 Å². The first-order valence-corrected chi connectivity index (χ1v) is 6.64. The molecule has 2 aromatic carbocycles. The number of rotatable bonds is 4. The number of ketones is 1. The lowest BCUT2D eigenvalue weighted by Gasteiger charge is -2.11. The molecule has 3 rings (SSSR count). The lowest BCUT2D eigenvalue weighted by atomic mass is 10.0. The van der Waals surface area contributed by atoms with Crippen molar-refractivity contribution < 1.29 is 9.90 Å². The highest BCUT2D eigenvalue weighted by atomic mass is 16.3. The third kappa shape index (κ3) is 2.61. The predicted octanol–water partition coefficient (Wildman–Crippen LogP) is 2.79. The second-order valence-corrected chi connectivity index (χ2v) is 4.64. The van der Waals surface area contributed by atoms with Crippen LogP contribution in [0.1, 0.15) is 22.2 Å². The van der Waals surface area contributed by atoms with Crippen LogP contribution in [-0.4, -0.2) is 20.7 Å². The fourth-order valence-corrected chi connectivity index (χ4v) is 2.19. The molecule has 0 amide bonds. The molecular formula is C17H14N2O2. The molecule has 0 radical (unpaired) electrons. The van der Waals surface area contributed by atoms with Crippen LogP contribution in [-0.2, 0) is 0 Å². The SMILES string of the molecule is O=C(c1ccnn1-c1ccccc1)C(O)c1ccccc1. The van der Waals surface area contributed by atoms with Crippen molar-refractivity contribution in [2.24, 2.45) is 0 Å². The fourth-order valence-electron chi connectivity index (χ4n) is 2.19. The van der Waals surface area contributed by atoms with Gasteiger partial charge < -0.3 is 5.11 Å². The van der Waals surface area contributed by atoms with Gasteiger partial charge in [0.25, 0.3) is 0 Å². The monoisotopic (exact) mass is 278 g/mol. The Labute approximate surface area is 122 Å². The Morgan fingerprint density at radius 3 is 2.24 bits per heavy atom. The molecule has 0 spiro atoms. The second kappa shape index (κ2) is 5.73. The van der Waals surface area contributed by atoms with Gasteiger partial charge in [-0.05, 0) is 23.8 Å². The van der Waals surface area contributed by atoms with Crippen molar-refractivity contribution in [1.29, 1.82) is 0 Å². The molecule has 0 aliphatic heterocycles. The van der Waals surface area contributed by atoms with E-state index in [4.69, 9.17) is 0 Å². The van der Waals surface area contributed by atoms with E-state index in [0.717, 1.165) is 5.69 Å². The standard InChI is InChI=1S/C17H14N2O2/c20-16(13-7-3-1-4-8-13)17(21)15-11-12-18-19(15)14-9-5-2-6-10-14/h1-12,16,20H. The first-order chi connectivity index (χ1) is 10.3. The first kappa shape index (κ1) is 13.3. The first-order valence-electron chi connectivity index (χ1n) is 6.64. The highest BCUT2D eigenvalue weighted by Crippen LogP contribution is 2.20. The van der Waals surface area contributed by atoms with Crippen molar-refractivity contribution in [2.45, 2.75) is 6.10 Å². The van der Waals surface area contributed by atoms with Crippen LogP contribution in [0.15, 0.2) is 72.9 Å². The van der Waals surface area contributed by atoms with Crippen LogP contribution in [0.3, 0.4) is 0 Å². The number of hydrogen-bond donors (Lipinski definition) is 1. The van der Waals surface area contributed by atoms with Crippen LogP contribution in [0.2, 0.25) is 0 Å². The minimum absolute atomic E-state index is 0.359. The van der Waals surface area contributed by atoms with Gasteiger partial charge in [0.2, 0.25) is 5.78 Å². The van der Waals surface area contributed by atoms with E-state index >= 15 is 0 Å². The number of carbonyl (C=O) groups is 1. The van der Waals surface area contributed by atoms with Gasteiger partial charge in [-0.3, -0.25) is 4.79 Å². The van der Waals surface area contributed by atoms with Gasteiger partial charge in [0.15, 0.2) is 0 Å². The Hall–Kier alpha value is -2.72. The molecule has 0 saturated carbocycles. The molecule has 3 aromatic rings. The van der Waals surface area contributed by atoms with Gasteiger partial charge >= 0.3 is 0 Å². The third-order valence-corrected chi connectivity index (χ3v) is 3.26. The van der Waals surface area contributed by atoms with E-state index in [-0.39, 0.29) is 5.78 Å². The smallest absolute Gasteiger partial charge is 0.214 e. The van der Waals surface area contributed by atoms with E-state index < -0.39 is 6.10 Å². The van der Waals surface area contributed by atoms with E-state index in [1.165, 1.54) is 4.68 Å². The van der Waals surface area contributed by atoms with Crippen LogP contribution in [0.4, 0.5) is 0 Å². The summed E-state index contributed by atoms with van der Waals surface area (Å²) in [7, 11) is 0. The molecule has 0 bridgehead atoms. The van der Waals surface area contributed by atoms with Gasteiger partial charge in [-0.25, -0.2) is 4.68 Å². The lowest BCUT2D eigenvalue weighted by Crippen LogP contribution is -2.16. The average molecular weight is 278 g/mol. The number of Topliss-reactive ketones (excluding diaryl/α,β-unsaturated/α-hetero) is 1. The van der Waals surface area contributed by atoms with Crippen LogP contribution in [0.5, 0.6) is 0 Å². The van der Waals surface area contributed by atoms with Gasteiger partial charge in [-0.15, -0.1) is 0 Å². The topological polar surface area (TPSA) is 55.1 Å². The van der Waals surface area contributed by atoms with Crippen molar-refractivity contribution in [3.63, 3.8) is 0 Å². The number of carbonyl (C=O) groups excluding carboxylic acids is 1. The summed E-state index contributed by atoms with van der Waals surface area (Å²) >= 11 is 0. The van der Waals surface area contributed by atoms with E-state index in [1.807, 2.05) is 36.4 Å². The van der Waals surface area contributed by atoms with Crippen molar-refractivity contribution in [1.82, 2.24) is 9.78 Å². The quantitative estimate of drug-likeness (QED) is 0.747. The molecule has 1 heterocycles. The Morgan fingerprint density at radius 1 is 0.952 bits per heavy atom. The maximum absolute atomic E-state index is 12.5. The fraction of sp³-hybridized carbons (Fsp3) is 0.0588. The molecule has 1 N–H and O–H groups in total. The van der Waals surface area contributed by atoms with Crippen LogP contribution < -0.4 is 0 Å². The lowest BCUT2D eigenvalue weighted by molar-refractivity contribution is 0.0739. The number of hydrogen-bond acceptors (Lipinski definition) is 3. The van der Waals surface area contributed by atoms with Gasteiger partial charge in [0.1, 0.15) is 11.8 Å². The van der Waals surface area contributed by atoms with E-state index in [1.54, 1.807) is 36.5 Å². The summed E-state index contributed by atoms with van der Waals surface area (Å²) in [6, 6.07) is 19.9. The summed E-state index contributed by atoms with van der Waals surface area (Å²) in [5.74, 6) is -0.373. The largest absolute Gasteiger partial charge is 0.380 e. The summed E-state index contributed by atoms with van der Waals surface area (Å²) in [6.45, 7) is 0. The number of aliphatic hydroxyl groups is 1. The second-order valence-electron chi connectivity index (χ2n) is 4.64. The van der Waals surface area contributed by atoms with E-state index in [2.05, 4.69) is 5.10 Å². The zero-order valence-corrected chi connectivity index (χ0v) is 11.3. The molecule has 21 heavy (non-hydrogen) atoms. The summed E-state index contributed by atoms with van der Waals surface area (Å²) in [5, 5.41) is 14.4. The maximum atomic E-state index is 12.5. The summed E-state index contributed by atoms with van der Waals surface area (Å²) in [4.78, 5) is 12.5. The van der Waals surface area contributed by atoms with Gasteiger partial charge in [0, 0.05) is 0 Å². The van der Waals surface area contributed by atoms with Crippen molar-refractivity contribution in [3.05, 3.63) is 84.2 Å². The summed E-state index contributed by atoms with van der Waals surface area (Å²) in [6.07, 6.45) is 0.364. The highest BCUT2D eigenvalue weighted by Gasteiger charge is 2.22. The molecule has 1 aromatic heterocycles. The van der Waals surface area contributed by atoms with Gasteiger partial charge in [-0.1, -0.05) is 48.5 Å². The maximum Gasteiger partial charge on any atom is 0.214 e. The zero-order valence-electron chi connectivity index (χ0n) is 11.3. The van der Waals surface area contributed by atoms with E-state index in [9.17, 15) is 9.90 Å². The number of para-hydroxylation sites is 1. The highest BCUT2D eigenvalue weighted by molar-refractivity contribution is 5.98. The third-order valence-electron chi connectivity index (χ3n) is 3.26. The van der Waals surface area contributed by atoms with Crippen LogP contribution >= 0.6 is 0 Å². The number of aromatic nitrogens is 2. The molecule has 0 aliphatic carbocycles. The summed E-state index contributed by atoms with van der Waals surface area (Å²) in [5.41, 5.74) is 1.71. The van der Waals surface area contributed by atoms with Gasteiger partial charge in [-0.2, -0.15) is 5.10 Å². The Balaban J connectivity index is 1.95. The molecule has 1 unspecified atom stereocenters. The predicted molar refractivity (Wildman–Crippen MR) is 79.3 cm³/mol. The van der Waals surface area contributed by atoms with Crippen molar-refractivity contribution in [2.75, 3.05) is 0 Å². The zero-order chi connectivity index (χ0) is 14.7. The Bertz CT molecular complexity index is 736. The molecule has 1 atom stereocenters. The molecule has 4 nitrogen and oxygen atoms in total. The number of aliphatic hydroxyl groups excluding tert-OH is 1. The van der Waals surface area contributed by atoms with E-state index in [0.29, 0.717) is 11.3 Å². The van der Waals surface area contributed by atoms with Crippen molar-refractivity contribution in [3.8, 4) is 5.69 Å². The Kier molecular flexibility index (Phi) is 3.62. The molecule has 104 valence electrons. The normalized spacial score (nSPS) is 12.0. The van der Waals surface area contributed by atoms with Crippen LogP contribution in [0.25, 0.3) is 5.69 Å². The summed E-state index contributed by atoms with van der Waals surface area (Å²) < 4.78 is 1.54. The number of benzene rings is 2. The molecule has 0 saturated heterocycles. The molecule has 4 heteroatoms. The minimum atomic E-state index is -1.19. The average Bonchev–Trinajstić information content (AvgIpc) is 3.04. The minimum Gasteiger partial charge on any atom is -0.380 e. The molecule has 0 fully saturated rings.